The highest BCUT2D eigenvalue weighted by atomic mass is 79.9. The van der Waals surface area contributed by atoms with Crippen LogP contribution in [0, 0.1) is 10.1 Å². The number of carboxylic acid groups (broad SMARTS) is 1. The molecule has 0 saturated heterocycles. The molecule has 1 aromatic carbocycles. The molecule has 1 unspecified atom stereocenters. The number of halogens is 1. The van der Waals surface area contributed by atoms with Crippen LogP contribution in [-0.4, -0.2) is 30.5 Å². The number of hydrogen-bond donors (Lipinski definition) is 2. The van der Waals surface area contributed by atoms with E-state index in [1.54, 1.807) is 0 Å². The van der Waals surface area contributed by atoms with Crippen molar-refractivity contribution >= 4 is 37.6 Å². The van der Waals surface area contributed by atoms with E-state index in [0.29, 0.717) is 6.42 Å². The van der Waals surface area contributed by atoms with Gasteiger partial charge in [-0.2, -0.15) is 4.72 Å². The molecular weight excluding hydrogens is 380 g/mol. The lowest BCUT2D eigenvalue weighted by Gasteiger charge is -2.14. The maximum absolute atomic E-state index is 12.2. The summed E-state index contributed by atoms with van der Waals surface area (Å²) in [5.41, 5.74) is -0.278. The molecule has 0 aliphatic rings. The third-order valence-electron chi connectivity index (χ3n) is 2.87. The number of unbranched alkanes of at least 4 members (excludes halogenated alkanes) is 1. The summed E-state index contributed by atoms with van der Waals surface area (Å²) in [4.78, 5) is 20.9. The van der Waals surface area contributed by atoms with Crippen LogP contribution in [0.25, 0.3) is 0 Å². The molecular formula is C12H15BrN2O6S. The number of benzene rings is 1. The third kappa shape index (κ3) is 4.75. The highest BCUT2D eigenvalue weighted by molar-refractivity contribution is 9.10. The Kier molecular flexibility index (Phi) is 6.45. The first-order valence-electron chi connectivity index (χ1n) is 6.38. The van der Waals surface area contributed by atoms with Gasteiger partial charge in [-0.25, -0.2) is 8.42 Å². The van der Waals surface area contributed by atoms with Crippen molar-refractivity contribution in [1.82, 2.24) is 4.72 Å². The van der Waals surface area contributed by atoms with E-state index in [2.05, 4.69) is 20.7 Å². The number of rotatable bonds is 8. The molecule has 0 aliphatic carbocycles. The zero-order valence-corrected chi connectivity index (χ0v) is 14.1. The van der Waals surface area contributed by atoms with Crippen LogP contribution in [0.1, 0.15) is 26.2 Å². The molecule has 1 atom stereocenters. The van der Waals surface area contributed by atoms with Crippen LogP contribution in [0.2, 0.25) is 0 Å². The molecule has 0 saturated carbocycles. The smallest absolute Gasteiger partial charge is 0.321 e. The van der Waals surface area contributed by atoms with Gasteiger partial charge in [-0.3, -0.25) is 14.9 Å². The Morgan fingerprint density at radius 2 is 2.14 bits per heavy atom. The van der Waals surface area contributed by atoms with Crippen LogP contribution >= 0.6 is 15.9 Å². The molecule has 1 rings (SSSR count). The summed E-state index contributed by atoms with van der Waals surface area (Å²) in [5, 5.41) is 19.8. The number of nitro groups is 1. The predicted molar refractivity (Wildman–Crippen MR) is 82.1 cm³/mol. The highest BCUT2D eigenvalue weighted by Crippen LogP contribution is 2.27. The van der Waals surface area contributed by atoms with Crippen molar-refractivity contribution in [2.45, 2.75) is 37.1 Å². The molecule has 8 nitrogen and oxygen atoms in total. The summed E-state index contributed by atoms with van der Waals surface area (Å²) in [6.07, 6.45) is 1.46. The largest absolute Gasteiger partial charge is 0.480 e. The molecule has 2 N–H and O–H groups in total. The van der Waals surface area contributed by atoms with Crippen LogP contribution in [0.3, 0.4) is 0 Å². The quantitative estimate of drug-likeness (QED) is 0.514. The Balaban J connectivity index is 3.05. The fourth-order valence-electron chi connectivity index (χ4n) is 1.70. The maximum Gasteiger partial charge on any atom is 0.321 e. The summed E-state index contributed by atoms with van der Waals surface area (Å²) in [6.45, 7) is 1.86. The van der Waals surface area contributed by atoms with E-state index in [9.17, 15) is 23.3 Å². The fraction of sp³-hybridized carbons (Fsp3) is 0.417. The number of nitrogens with one attached hydrogen (secondary N) is 1. The van der Waals surface area contributed by atoms with Crippen LogP contribution in [0.15, 0.2) is 27.6 Å². The van der Waals surface area contributed by atoms with E-state index in [0.717, 1.165) is 24.6 Å². The monoisotopic (exact) mass is 394 g/mol. The molecule has 22 heavy (non-hydrogen) atoms. The SMILES string of the molecule is CCCCC(NS(=O)(=O)c1ccc([N+](=O)[O-])c(Br)c1)C(=O)O. The van der Waals surface area contributed by atoms with Gasteiger partial charge in [-0.15, -0.1) is 0 Å². The van der Waals surface area contributed by atoms with Crippen molar-refractivity contribution in [1.29, 1.82) is 0 Å². The lowest BCUT2D eigenvalue weighted by Crippen LogP contribution is -2.40. The van der Waals surface area contributed by atoms with E-state index < -0.39 is 27.0 Å². The second-order valence-electron chi connectivity index (χ2n) is 4.52. The van der Waals surface area contributed by atoms with Crippen LogP contribution in [0.4, 0.5) is 5.69 Å². The van der Waals surface area contributed by atoms with Gasteiger partial charge >= 0.3 is 5.97 Å². The van der Waals surface area contributed by atoms with Gasteiger partial charge in [0.1, 0.15) is 6.04 Å². The minimum atomic E-state index is -4.08. The number of sulfonamides is 1. The number of carbonyl (C=O) groups is 1. The minimum Gasteiger partial charge on any atom is -0.480 e. The Morgan fingerprint density at radius 3 is 2.59 bits per heavy atom. The van der Waals surface area contributed by atoms with Crippen molar-refractivity contribution in [2.75, 3.05) is 0 Å². The zero-order valence-electron chi connectivity index (χ0n) is 11.7. The summed E-state index contributed by atoms with van der Waals surface area (Å²) in [5.74, 6) is -1.27. The lowest BCUT2D eigenvalue weighted by molar-refractivity contribution is -0.385. The first-order chi connectivity index (χ1) is 10.2. The van der Waals surface area contributed by atoms with Gasteiger partial charge in [-0.1, -0.05) is 19.8 Å². The number of hydrogen-bond acceptors (Lipinski definition) is 5. The maximum atomic E-state index is 12.2. The molecule has 0 fully saturated rings. The minimum absolute atomic E-state index is 0.000748. The van der Waals surface area contributed by atoms with Gasteiger partial charge in [0.2, 0.25) is 10.0 Å². The van der Waals surface area contributed by atoms with Gasteiger partial charge in [-0.05, 0) is 34.5 Å². The van der Waals surface area contributed by atoms with Gasteiger partial charge in [0, 0.05) is 6.07 Å². The van der Waals surface area contributed by atoms with E-state index in [-0.39, 0.29) is 21.5 Å². The molecule has 1 aromatic rings. The van der Waals surface area contributed by atoms with Crippen molar-refractivity contribution in [2.24, 2.45) is 0 Å². The van der Waals surface area contributed by atoms with E-state index >= 15 is 0 Å². The van der Waals surface area contributed by atoms with Crippen LogP contribution in [0.5, 0.6) is 0 Å². The summed E-state index contributed by atoms with van der Waals surface area (Å²) < 4.78 is 26.5. The summed E-state index contributed by atoms with van der Waals surface area (Å²) in [6, 6.07) is 1.93. The number of nitro benzene ring substituents is 1. The van der Waals surface area contributed by atoms with Gasteiger partial charge in [0.25, 0.3) is 5.69 Å². The van der Waals surface area contributed by atoms with Crippen molar-refractivity contribution < 1.29 is 23.2 Å². The predicted octanol–water partition coefficient (Wildman–Crippen LogP) is 2.28. The van der Waals surface area contributed by atoms with Gasteiger partial charge in [0.15, 0.2) is 0 Å². The molecule has 0 aromatic heterocycles. The third-order valence-corrected chi connectivity index (χ3v) is 4.97. The number of carboxylic acids is 1. The zero-order chi connectivity index (χ0) is 16.9. The average Bonchev–Trinajstić information content (AvgIpc) is 2.42. The average molecular weight is 395 g/mol. The van der Waals surface area contributed by atoms with Crippen molar-refractivity contribution in [3.8, 4) is 0 Å². The van der Waals surface area contributed by atoms with E-state index in [4.69, 9.17) is 5.11 Å². The first kappa shape index (κ1) is 18.5. The summed E-state index contributed by atoms with van der Waals surface area (Å²) >= 11 is 2.93. The normalized spacial score (nSPS) is 12.8. The topological polar surface area (TPSA) is 127 Å². The highest BCUT2D eigenvalue weighted by Gasteiger charge is 2.26. The Hall–Kier alpha value is -1.52. The number of aliphatic carboxylic acids is 1. The lowest BCUT2D eigenvalue weighted by atomic mass is 10.1. The summed E-state index contributed by atoms with van der Waals surface area (Å²) in [7, 11) is -4.08. The molecule has 122 valence electrons. The molecule has 0 amide bonds. The number of nitrogens with zero attached hydrogens (tertiary/aromatic N) is 1. The van der Waals surface area contributed by atoms with Crippen molar-refractivity contribution in [3.63, 3.8) is 0 Å². The van der Waals surface area contributed by atoms with E-state index in [1.165, 1.54) is 0 Å². The molecule has 10 heteroatoms. The second kappa shape index (κ2) is 7.65. The standard InChI is InChI=1S/C12H15BrN2O6S/c1-2-3-4-10(12(16)17)14-22(20,21)8-5-6-11(15(18)19)9(13)7-8/h5-7,10,14H,2-4H2,1H3,(H,16,17). The second-order valence-corrected chi connectivity index (χ2v) is 7.09. The van der Waals surface area contributed by atoms with Crippen LogP contribution in [-0.2, 0) is 14.8 Å². The molecule has 0 aliphatic heterocycles. The molecule has 0 heterocycles. The fourth-order valence-corrected chi connectivity index (χ4v) is 3.62. The molecule has 0 bridgehead atoms. The molecule has 0 radical (unpaired) electrons. The van der Waals surface area contributed by atoms with E-state index in [1.807, 2.05) is 6.92 Å². The first-order valence-corrected chi connectivity index (χ1v) is 8.65. The van der Waals surface area contributed by atoms with Gasteiger partial charge in [0.05, 0.1) is 14.3 Å². The van der Waals surface area contributed by atoms with Crippen molar-refractivity contribution in [3.05, 3.63) is 32.8 Å². The Morgan fingerprint density at radius 1 is 1.50 bits per heavy atom. The Bertz CT molecular complexity index is 676. The van der Waals surface area contributed by atoms with Crippen LogP contribution < -0.4 is 4.72 Å². The molecule has 0 spiro atoms. The Labute approximate surface area is 135 Å². The van der Waals surface area contributed by atoms with Gasteiger partial charge < -0.3 is 5.11 Å².